The number of benzene rings is 1. The van der Waals surface area contributed by atoms with Crippen LogP contribution in [0.3, 0.4) is 0 Å². The Morgan fingerprint density at radius 3 is 2.55 bits per heavy atom. The van der Waals surface area contributed by atoms with E-state index >= 15 is 0 Å². The van der Waals surface area contributed by atoms with Gasteiger partial charge in [0.05, 0.1) is 0 Å². The Hall–Kier alpha value is -0.920. The molecular weight excluding hydrogens is 254 g/mol. The second kappa shape index (κ2) is 4.05. The van der Waals surface area contributed by atoms with Crippen molar-refractivity contribution in [1.82, 2.24) is 0 Å². The molecule has 5 rings (SSSR count). The fraction of sp³-hybridized carbons (Fsp3) is 0.667. The first-order valence-corrected chi connectivity index (χ1v) is 7.89. The van der Waals surface area contributed by atoms with Crippen molar-refractivity contribution >= 4 is 0 Å². The molecule has 0 N–H and O–H groups in total. The number of alkyl halides is 2. The lowest BCUT2D eigenvalue weighted by atomic mass is 9.71. The van der Waals surface area contributed by atoms with Gasteiger partial charge in [-0.2, -0.15) is 0 Å². The highest BCUT2D eigenvalue weighted by molar-refractivity contribution is 5.37. The lowest BCUT2D eigenvalue weighted by Gasteiger charge is -2.33. The van der Waals surface area contributed by atoms with Gasteiger partial charge in [0.2, 0.25) is 6.43 Å². The highest BCUT2D eigenvalue weighted by atomic mass is 19.3. The van der Waals surface area contributed by atoms with Gasteiger partial charge in [-0.05, 0) is 59.8 Å². The van der Waals surface area contributed by atoms with E-state index in [1.54, 1.807) is 0 Å². The number of hydrogen-bond acceptors (Lipinski definition) is 0. The SMILES string of the molecule is CC12CC3C(CCC(F)F)C1CC3(c1ccccc1)C2. The van der Waals surface area contributed by atoms with Crippen LogP contribution < -0.4 is 0 Å². The number of hydrogen-bond donors (Lipinski definition) is 0. The van der Waals surface area contributed by atoms with Crippen molar-refractivity contribution < 1.29 is 8.78 Å². The summed E-state index contributed by atoms with van der Waals surface area (Å²) < 4.78 is 25.2. The molecule has 4 fully saturated rings. The quantitative estimate of drug-likeness (QED) is 0.723. The first kappa shape index (κ1) is 12.8. The Morgan fingerprint density at radius 2 is 1.90 bits per heavy atom. The molecular formula is C18H22F2. The van der Waals surface area contributed by atoms with E-state index in [0.717, 1.165) is 6.42 Å². The number of halogens is 2. The first-order valence-electron chi connectivity index (χ1n) is 7.89. The van der Waals surface area contributed by atoms with Gasteiger partial charge in [0.25, 0.3) is 0 Å². The summed E-state index contributed by atoms with van der Waals surface area (Å²) in [5, 5.41) is 0. The third kappa shape index (κ3) is 1.51. The van der Waals surface area contributed by atoms with E-state index in [-0.39, 0.29) is 6.42 Å². The molecule has 20 heavy (non-hydrogen) atoms. The van der Waals surface area contributed by atoms with E-state index in [1.807, 2.05) is 0 Å². The lowest BCUT2D eigenvalue weighted by molar-refractivity contribution is 0.113. The van der Waals surface area contributed by atoms with Gasteiger partial charge in [-0.3, -0.25) is 0 Å². The molecule has 2 heteroatoms. The Morgan fingerprint density at radius 1 is 1.15 bits per heavy atom. The Bertz CT molecular complexity index is 511. The maximum Gasteiger partial charge on any atom is 0.238 e. The van der Waals surface area contributed by atoms with E-state index in [0.29, 0.717) is 28.6 Å². The molecule has 0 aliphatic heterocycles. The van der Waals surface area contributed by atoms with E-state index in [9.17, 15) is 8.78 Å². The van der Waals surface area contributed by atoms with Gasteiger partial charge in [-0.15, -0.1) is 0 Å². The molecule has 0 spiro atoms. The van der Waals surface area contributed by atoms with E-state index < -0.39 is 6.43 Å². The van der Waals surface area contributed by atoms with Gasteiger partial charge in [0, 0.05) is 6.42 Å². The normalized spacial score (nSPS) is 44.9. The molecule has 0 nitrogen and oxygen atoms in total. The predicted octanol–water partition coefficient (Wildman–Crippen LogP) is 5.04. The van der Waals surface area contributed by atoms with Crippen LogP contribution in [0.2, 0.25) is 0 Å². The summed E-state index contributed by atoms with van der Waals surface area (Å²) in [6.07, 6.45) is 2.49. The zero-order valence-corrected chi connectivity index (χ0v) is 12.0. The van der Waals surface area contributed by atoms with Gasteiger partial charge in [-0.25, -0.2) is 8.78 Å². The van der Waals surface area contributed by atoms with Gasteiger partial charge >= 0.3 is 0 Å². The minimum absolute atomic E-state index is 0.0958. The second-order valence-electron chi connectivity index (χ2n) is 7.61. The summed E-state index contributed by atoms with van der Waals surface area (Å²) in [4.78, 5) is 0. The van der Waals surface area contributed by atoms with Crippen molar-refractivity contribution in [3.8, 4) is 0 Å². The van der Waals surface area contributed by atoms with Crippen LogP contribution in [0.15, 0.2) is 30.3 Å². The van der Waals surface area contributed by atoms with Crippen molar-refractivity contribution in [2.75, 3.05) is 0 Å². The van der Waals surface area contributed by atoms with E-state index in [1.165, 1.54) is 24.8 Å². The summed E-state index contributed by atoms with van der Waals surface area (Å²) in [7, 11) is 0. The first-order chi connectivity index (χ1) is 9.55. The molecule has 1 aromatic carbocycles. The minimum atomic E-state index is -2.13. The van der Waals surface area contributed by atoms with E-state index in [2.05, 4.69) is 37.3 Å². The van der Waals surface area contributed by atoms with Crippen LogP contribution >= 0.6 is 0 Å². The monoisotopic (exact) mass is 276 g/mol. The molecule has 0 radical (unpaired) electrons. The summed E-state index contributed by atoms with van der Waals surface area (Å²) in [6.45, 7) is 2.41. The topological polar surface area (TPSA) is 0 Å². The van der Waals surface area contributed by atoms with Crippen LogP contribution in [0, 0.1) is 23.2 Å². The molecule has 5 atom stereocenters. The minimum Gasteiger partial charge on any atom is -0.211 e. The van der Waals surface area contributed by atoms with Crippen molar-refractivity contribution in [2.24, 2.45) is 23.2 Å². The summed E-state index contributed by atoms with van der Waals surface area (Å²) in [6, 6.07) is 10.8. The van der Waals surface area contributed by atoms with Crippen molar-refractivity contribution in [1.29, 1.82) is 0 Å². The van der Waals surface area contributed by atoms with Crippen LogP contribution in [0.5, 0.6) is 0 Å². The summed E-state index contributed by atoms with van der Waals surface area (Å²) in [5.41, 5.74) is 2.21. The Kier molecular flexibility index (Phi) is 2.59. The van der Waals surface area contributed by atoms with Gasteiger partial charge in [0.1, 0.15) is 0 Å². The lowest BCUT2D eigenvalue weighted by Crippen LogP contribution is -2.29. The molecule has 108 valence electrons. The molecule has 4 bridgehead atoms. The van der Waals surface area contributed by atoms with Gasteiger partial charge < -0.3 is 0 Å². The van der Waals surface area contributed by atoms with Gasteiger partial charge in [-0.1, -0.05) is 37.3 Å². The third-order valence-electron chi connectivity index (χ3n) is 6.70. The fourth-order valence-corrected chi connectivity index (χ4v) is 6.20. The van der Waals surface area contributed by atoms with Crippen LogP contribution in [0.1, 0.15) is 44.6 Å². The number of rotatable bonds is 4. The molecule has 4 saturated carbocycles. The average Bonchev–Trinajstić information content (AvgIpc) is 3.06. The fourth-order valence-electron chi connectivity index (χ4n) is 6.20. The smallest absolute Gasteiger partial charge is 0.211 e. The van der Waals surface area contributed by atoms with Crippen molar-refractivity contribution in [3.05, 3.63) is 35.9 Å². The molecule has 0 saturated heterocycles. The summed E-state index contributed by atoms with van der Waals surface area (Å²) >= 11 is 0. The zero-order chi connectivity index (χ0) is 14.0. The molecule has 1 aromatic rings. The summed E-state index contributed by atoms with van der Waals surface area (Å²) in [5.74, 6) is 1.88. The van der Waals surface area contributed by atoms with Crippen LogP contribution in [0.25, 0.3) is 0 Å². The van der Waals surface area contributed by atoms with Gasteiger partial charge in [0.15, 0.2) is 0 Å². The molecule has 5 unspecified atom stereocenters. The van der Waals surface area contributed by atoms with Crippen LogP contribution in [0.4, 0.5) is 8.78 Å². The highest BCUT2D eigenvalue weighted by Gasteiger charge is 2.72. The molecule has 0 aromatic heterocycles. The van der Waals surface area contributed by atoms with Crippen LogP contribution in [-0.2, 0) is 5.41 Å². The molecule has 4 aliphatic rings. The van der Waals surface area contributed by atoms with Crippen molar-refractivity contribution in [3.63, 3.8) is 0 Å². The third-order valence-corrected chi connectivity index (χ3v) is 6.70. The maximum absolute atomic E-state index is 12.6. The standard InChI is InChI=1S/C18H22F2/c1-17-9-15-13(7-8-16(19)20)14(17)10-18(15,11-17)12-5-3-2-4-6-12/h2-6,13-16H,7-11H2,1H3. The largest absolute Gasteiger partial charge is 0.238 e. The van der Waals surface area contributed by atoms with Crippen molar-refractivity contribution in [2.45, 2.75) is 50.9 Å². The van der Waals surface area contributed by atoms with Crippen LogP contribution in [-0.4, -0.2) is 6.43 Å². The maximum atomic E-state index is 12.6. The predicted molar refractivity (Wildman–Crippen MR) is 75.8 cm³/mol. The Balaban J connectivity index is 1.66. The highest BCUT2D eigenvalue weighted by Crippen LogP contribution is 2.78. The average molecular weight is 276 g/mol. The second-order valence-corrected chi connectivity index (χ2v) is 7.61. The van der Waals surface area contributed by atoms with E-state index in [4.69, 9.17) is 0 Å². The molecule has 4 aliphatic carbocycles. The Labute approximate surface area is 119 Å². The molecule has 0 heterocycles. The molecule has 0 amide bonds. The zero-order valence-electron chi connectivity index (χ0n) is 12.0.